The Kier molecular flexibility index (Phi) is 11.4. The summed E-state index contributed by atoms with van der Waals surface area (Å²) in [4.78, 5) is 0. The molecule has 2 aliphatic carbocycles. The molecular weight excluding hydrogens is 534 g/mol. The lowest BCUT2D eigenvalue weighted by Crippen LogP contribution is -2.69. The van der Waals surface area contributed by atoms with E-state index in [2.05, 4.69) is 16.0 Å². The van der Waals surface area contributed by atoms with Crippen molar-refractivity contribution >= 4 is 0 Å². The normalized spacial score (nSPS) is 45.9. The van der Waals surface area contributed by atoms with Crippen molar-refractivity contribution in [3.8, 4) is 0 Å². The molecule has 41 heavy (non-hydrogen) atoms. The third-order valence-corrected chi connectivity index (χ3v) is 9.27. The minimum atomic E-state index is -1.32. The quantitative estimate of drug-likeness (QED) is 0.103. The highest BCUT2D eigenvalue weighted by atomic mass is 16.7. The van der Waals surface area contributed by atoms with Crippen LogP contribution in [-0.2, 0) is 14.2 Å². The fourth-order valence-corrected chi connectivity index (χ4v) is 6.85. The summed E-state index contributed by atoms with van der Waals surface area (Å²) in [6.07, 6.45) is -0.647. The van der Waals surface area contributed by atoms with E-state index in [9.17, 15) is 20.4 Å². The zero-order valence-electron chi connectivity index (χ0n) is 24.3. The lowest BCUT2D eigenvalue weighted by atomic mass is 9.72. The molecule has 0 spiro atoms. The van der Waals surface area contributed by atoms with Crippen LogP contribution < -0.4 is 38.9 Å². The van der Waals surface area contributed by atoms with E-state index in [-0.39, 0.29) is 38.3 Å². The molecule has 0 amide bonds. The van der Waals surface area contributed by atoms with Crippen molar-refractivity contribution in [3.63, 3.8) is 0 Å². The molecular formula is C27H53N7O7. The second-order valence-corrected chi connectivity index (χ2v) is 12.6. The van der Waals surface area contributed by atoms with E-state index in [0.717, 1.165) is 19.4 Å². The largest absolute Gasteiger partial charge is 0.492 e. The molecule has 14 nitrogen and oxygen atoms in total. The minimum absolute atomic E-state index is 0.0647. The van der Waals surface area contributed by atoms with Gasteiger partial charge in [-0.2, -0.15) is 0 Å². The molecule has 0 radical (unpaired) electrons. The highest BCUT2D eigenvalue weighted by molar-refractivity contribution is 5.11. The first-order valence-electron chi connectivity index (χ1n) is 14.9. The van der Waals surface area contributed by atoms with Crippen molar-refractivity contribution < 1.29 is 34.6 Å². The van der Waals surface area contributed by atoms with Gasteiger partial charge in [-0.1, -0.05) is 0 Å². The van der Waals surface area contributed by atoms with Gasteiger partial charge in [0.15, 0.2) is 6.29 Å². The summed E-state index contributed by atoms with van der Waals surface area (Å²) in [5.41, 5.74) is 23.0. The van der Waals surface area contributed by atoms with Crippen LogP contribution in [0.15, 0.2) is 11.8 Å². The van der Waals surface area contributed by atoms with Gasteiger partial charge in [0.25, 0.3) is 0 Å². The first kappa shape index (κ1) is 32.9. The van der Waals surface area contributed by atoms with Gasteiger partial charge in [-0.3, -0.25) is 0 Å². The average molecular weight is 588 g/mol. The van der Waals surface area contributed by atoms with Gasteiger partial charge in [-0.05, 0) is 58.2 Å². The van der Waals surface area contributed by atoms with Gasteiger partial charge < -0.3 is 73.5 Å². The van der Waals surface area contributed by atoms with Gasteiger partial charge in [0.2, 0.25) is 0 Å². The highest BCUT2D eigenvalue weighted by Crippen LogP contribution is 2.37. The molecule has 2 saturated carbocycles. The Bertz CT molecular complexity index is 864. The molecule has 1 saturated heterocycles. The van der Waals surface area contributed by atoms with Crippen LogP contribution >= 0.6 is 0 Å². The number of nitrogens with one attached hydrogen (secondary N) is 3. The van der Waals surface area contributed by atoms with Crippen LogP contribution in [0.4, 0.5) is 0 Å². The lowest BCUT2D eigenvalue weighted by molar-refractivity contribution is -0.298. The first-order valence-corrected chi connectivity index (χ1v) is 14.9. The smallest absolute Gasteiger partial charge is 0.185 e. The van der Waals surface area contributed by atoms with E-state index in [1.165, 1.54) is 0 Å². The summed E-state index contributed by atoms with van der Waals surface area (Å²) in [6.45, 7) is 2.74. The highest BCUT2D eigenvalue weighted by Gasteiger charge is 2.53. The Morgan fingerprint density at radius 1 is 1.12 bits per heavy atom. The summed E-state index contributed by atoms with van der Waals surface area (Å²) in [5, 5.41) is 53.6. The van der Waals surface area contributed by atoms with E-state index in [1.807, 2.05) is 6.08 Å². The number of likely N-dealkylation sites (N-methyl/N-ethyl adjacent to an activating group) is 1. The van der Waals surface area contributed by atoms with Gasteiger partial charge in [0, 0.05) is 43.2 Å². The van der Waals surface area contributed by atoms with Gasteiger partial charge in [0.1, 0.15) is 29.7 Å². The van der Waals surface area contributed by atoms with Crippen molar-refractivity contribution in [2.45, 2.75) is 105 Å². The number of hydrogen-bond acceptors (Lipinski definition) is 14. The van der Waals surface area contributed by atoms with Crippen molar-refractivity contribution in [2.75, 3.05) is 39.8 Å². The Labute approximate surface area is 242 Å². The van der Waals surface area contributed by atoms with Gasteiger partial charge in [-0.15, -0.1) is 0 Å². The summed E-state index contributed by atoms with van der Waals surface area (Å²) in [6, 6.07) is -1.56. The molecule has 2 aliphatic heterocycles. The molecule has 238 valence electrons. The topological polar surface area (TPSA) is 249 Å². The standard InChI is InChI=1S/C27H53N7O7/c1-27(38)12-39-26(22(37)25(27)32-2)41-24-19(34-11-15(35)8-28)7-17(31)20(21(24)36)23-18(4-3-16(9-29)40-23)33-10-13-5-14(30)6-13/h3,13-15,17-26,32-38H,4-12,28-31H2,1-2H3. The van der Waals surface area contributed by atoms with Crippen LogP contribution in [0.5, 0.6) is 0 Å². The van der Waals surface area contributed by atoms with Gasteiger partial charge in [-0.25, -0.2) is 0 Å². The SMILES string of the molecule is CNC1C(O)C(OC2C(NCC(O)CN)CC(N)C(C3OC(CN)=CCC3NCC3CC(N)C3)C2O)OCC1(C)O. The van der Waals surface area contributed by atoms with Crippen LogP contribution in [-0.4, -0.2) is 133 Å². The Morgan fingerprint density at radius 3 is 2.49 bits per heavy atom. The zero-order chi connectivity index (χ0) is 29.9. The van der Waals surface area contributed by atoms with Crippen molar-refractivity contribution in [2.24, 2.45) is 34.8 Å². The predicted molar refractivity (Wildman–Crippen MR) is 152 cm³/mol. The van der Waals surface area contributed by atoms with Gasteiger partial charge >= 0.3 is 0 Å². The Balaban J connectivity index is 1.55. The molecule has 12 atom stereocenters. The molecule has 12 unspecified atom stereocenters. The summed E-state index contributed by atoms with van der Waals surface area (Å²) in [5.74, 6) is 0.598. The van der Waals surface area contributed by atoms with Crippen LogP contribution in [0.2, 0.25) is 0 Å². The molecule has 0 bridgehead atoms. The minimum Gasteiger partial charge on any atom is -0.492 e. The van der Waals surface area contributed by atoms with E-state index < -0.39 is 66.5 Å². The number of nitrogens with two attached hydrogens (primary N) is 4. The summed E-state index contributed by atoms with van der Waals surface area (Å²) >= 11 is 0. The molecule has 2 heterocycles. The zero-order valence-corrected chi connectivity index (χ0v) is 24.3. The lowest BCUT2D eigenvalue weighted by Gasteiger charge is -2.51. The Morgan fingerprint density at radius 2 is 1.85 bits per heavy atom. The van der Waals surface area contributed by atoms with Crippen LogP contribution in [0.3, 0.4) is 0 Å². The second-order valence-electron chi connectivity index (χ2n) is 12.6. The third kappa shape index (κ3) is 7.58. The third-order valence-electron chi connectivity index (χ3n) is 9.27. The van der Waals surface area contributed by atoms with Crippen LogP contribution in [0.25, 0.3) is 0 Å². The van der Waals surface area contributed by atoms with E-state index in [4.69, 9.17) is 37.1 Å². The van der Waals surface area contributed by atoms with Crippen molar-refractivity contribution in [1.29, 1.82) is 0 Å². The molecule has 0 aromatic rings. The number of hydrogen-bond donors (Lipinski definition) is 11. The van der Waals surface area contributed by atoms with Gasteiger partial charge in [0.05, 0.1) is 31.4 Å². The molecule has 4 rings (SSSR count). The monoisotopic (exact) mass is 587 g/mol. The number of ether oxygens (including phenoxy) is 3. The summed E-state index contributed by atoms with van der Waals surface area (Å²) < 4.78 is 18.4. The molecule has 15 N–H and O–H groups in total. The maximum atomic E-state index is 11.9. The van der Waals surface area contributed by atoms with Crippen LogP contribution in [0.1, 0.15) is 32.6 Å². The number of aliphatic hydroxyl groups is 4. The molecule has 4 aliphatic rings. The van der Waals surface area contributed by atoms with Crippen molar-refractivity contribution in [3.05, 3.63) is 11.8 Å². The second kappa shape index (κ2) is 14.2. The van der Waals surface area contributed by atoms with E-state index in [1.54, 1.807) is 14.0 Å². The molecule has 0 aromatic heterocycles. The average Bonchev–Trinajstić information content (AvgIpc) is 2.92. The Hall–Kier alpha value is -0.980. The number of rotatable bonds is 12. The molecule has 14 heteroatoms. The van der Waals surface area contributed by atoms with Crippen molar-refractivity contribution in [1.82, 2.24) is 16.0 Å². The summed E-state index contributed by atoms with van der Waals surface area (Å²) in [7, 11) is 1.64. The van der Waals surface area contributed by atoms with Crippen LogP contribution in [0, 0.1) is 11.8 Å². The molecule has 3 fully saturated rings. The number of aliphatic hydroxyl groups excluding tert-OH is 3. The maximum Gasteiger partial charge on any atom is 0.185 e. The predicted octanol–water partition coefficient (Wildman–Crippen LogP) is -4.26. The molecule has 0 aromatic carbocycles. The van der Waals surface area contributed by atoms with E-state index in [0.29, 0.717) is 24.5 Å². The maximum absolute atomic E-state index is 11.9. The fourth-order valence-electron chi connectivity index (χ4n) is 6.85. The van der Waals surface area contributed by atoms with E-state index >= 15 is 0 Å². The fraction of sp³-hybridized carbons (Fsp3) is 0.926. The first-order chi connectivity index (χ1) is 19.5.